The van der Waals surface area contributed by atoms with E-state index in [1.165, 1.54) is 0 Å². The number of alkyl halides is 1. The number of nitrogens with zero attached hydrogens (tertiary/aromatic N) is 5. The third-order valence-corrected chi connectivity index (χ3v) is 4.07. The molecule has 0 unspecified atom stereocenters. The standard InChI is InChI=1S/C15H22FN5O/c1-19(10-14-3-4-22-18-14)11-15-5-13(16)9-21(15)8-12-6-17-20(2)7-12/h3-4,6-7,13,15H,5,8-11H2,1-2H3/t13-,15+/m1/s1. The van der Waals surface area contributed by atoms with Crippen molar-refractivity contribution in [3.8, 4) is 0 Å². The zero-order chi connectivity index (χ0) is 15.5. The Hall–Kier alpha value is -1.73. The molecule has 1 aliphatic rings. The van der Waals surface area contributed by atoms with Crippen molar-refractivity contribution in [1.82, 2.24) is 24.7 Å². The van der Waals surface area contributed by atoms with Crippen molar-refractivity contribution in [3.05, 3.63) is 36.0 Å². The van der Waals surface area contributed by atoms with Crippen LogP contribution in [-0.2, 0) is 20.1 Å². The second kappa shape index (κ2) is 6.58. The predicted molar refractivity (Wildman–Crippen MR) is 79.8 cm³/mol. The number of hydrogen-bond acceptors (Lipinski definition) is 5. The molecular weight excluding hydrogens is 285 g/mol. The van der Waals surface area contributed by atoms with E-state index in [2.05, 4.69) is 20.1 Å². The number of likely N-dealkylation sites (N-methyl/N-ethyl adjacent to an activating group) is 1. The molecule has 1 saturated heterocycles. The van der Waals surface area contributed by atoms with Gasteiger partial charge in [0.25, 0.3) is 0 Å². The number of aryl methyl sites for hydroxylation is 1. The Kier molecular flexibility index (Phi) is 4.54. The largest absolute Gasteiger partial charge is 0.364 e. The average Bonchev–Trinajstić information content (AvgIpc) is 3.15. The van der Waals surface area contributed by atoms with E-state index in [1.807, 2.05) is 32.6 Å². The summed E-state index contributed by atoms with van der Waals surface area (Å²) in [5.74, 6) is 0. The molecule has 3 rings (SSSR count). The zero-order valence-electron chi connectivity index (χ0n) is 13.0. The van der Waals surface area contributed by atoms with E-state index >= 15 is 0 Å². The van der Waals surface area contributed by atoms with Crippen LogP contribution in [0, 0.1) is 0 Å². The molecule has 1 aliphatic heterocycles. The van der Waals surface area contributed by atoms with Crippen LogP contribution >= 0.6 is 0 Å². The lowest BCUT2D eigenvalue weighted by Crippen LogP contribution is -2.38. The first-order valence-corrected chi connectivity index (χ1v) is 7.53. The molecule has 6 nitrogen and oxygen atoms in total. The fourth-order valence-corrected chi connectivity index (χ4v) is 3.11. The number of rotatable bonds is 6. The average molecular weight is 307 g/mol. The summed E-state index contributed by atoms with van der Waals surface area (Å²) in [6, 6.07) is 2.07. The van der Waals surface area contributed by atoms with E-state index in [1.54, 1.807) is 10.9 Å². The molecule has 7 heteroatoms. The van der Waals surface area contributed by atoms with Crippen LogP contribution in [-0.4, -0.2) is 57.1 Å². The van der Waals surface area contributed by atoms with Gasteiger partial charge in [-0.2, -0.15) is 5.10 Å². The summed E-state index contributed by atoms with van der Waals surface area (Å²) in [5, 5.41) is 8.10. The van der Waals surface area contributed by atoms with E-state index in [0.717, 1.165) is 24.3 Å². The molecule has 0 aliphatic carbocycles. The van der Waals surface area contributed by atoms with Gasteiger partial charge in [-0.15, -0.1) is 0 Å². The highest BCUT2D eigenvalue weighted by Gasteiger charge is 2.32. The van der Waals surface area contributed by atoms with Crippen molar-refractivity contribution >= 4 is 0 Å². The van der Waals surface area contributed by atoms with E-state index in [9.17, 15) is 4.39 Å². The predicted octanol–water partition coefficient (Wildman–Crippen LogP) is 1.45. The van der Waals surface area contributed by atoms with Gasteiger partial charge in [-0.05, 0) is 13.5 Å². The molecule has 0 bridgehead atoms. The summed E-state index contributed by atoms with van der Waals surface area (Å²) in [4.78, 5) is 4.37. The van der Waals surface area contributed by atoms with Gasteiger partial charge >= 0.3 is 0 Å². The van der Waals surface area contributed by atoms with E-state index < -0.39 is 6.17 Å². The topological polar surface area (TPSA) is 50.3 Å². The van der Waals surface area contributed by atoms with Crippen molar-refractivity contribution in [1.29, 1.82) is 0 Å². The Morgan fingerprint density at radius 1 is 1.50 bits per heavy atom. The Bertz CT molecular complexity index is 585. The minimum Gasteiger partial charge on any atom is -0.364 e. The molecule has 2 aromatic heterocycles. The third kappa shape index (κ3) is 3.72. The SMILES string of the molecule is CN(Cc1ccon1)C[C@@H]1C[C@@H](F)CN1Cc1cnn(C)c1. The highest BCUT2D eigenvalue weighted by molar-refractivity contribution is 5.05. The highest BCUT2D eigenvalue weighted by Crippen LogP contribution is 2.23. The smallest absolute Gasteiger partial charge is 0.124 e. The molecule has 22 heavy (non-hydrogen) atoms. The zero-order valence-corrected chi connectivity index (χ0v) is 13.0. The summed E-state index contributed by atoms with van der Waals surface area (Å²) >= 11 is 0. The maximum absolute atomic E-state index is 13.9. The molecule has 0 spiro atoms. The van der Waals surface area contributed by atoms with Gasteiger partial charge in [-0.3, -0.25) is 14.5 Å². The summed E-state index contributed by atoms with van der Waals surface area (Å²) in [6.07, 6.45) is 5.25. The molecule has 2 atom stereocenters. The lowest BCUT2D eigenvalue weighted by molar-refractivity contribution is 0.178. The second-order valence-electron chi connectivity index (χ2n) is 6.13. The number of aromatic nitrogens is 3. The Balaban J connectivity index is 1.58. The first-order chi connectivity index (χ1) is 10.6. The van der Waals surface area contributed by atoms with Gasteiger partial charge in [0, 0.05) is 57.1 Å². The molecule has 1 fully saturated rings. The van der Waals surface area contributed by atoms with E-state index in [-0.39, 0.29) is 6.04 Å². The van der Waals surface area contributed by atoms with Crippen molar-refractivity contribution < 1.29 is 8.91 Å². The Morgan fingerprint density at radius 3 is 3.05 bits per heavy atom. The monoisotopic (exact) mass is 307 g/mol. The summed E-state index contributed by atoms with van der Waals surface area (Å²) in [5.41, 5.74) is 2.02. The van der Waals surface area contributed by atoms with Crippen LogP contribution in [0.3, 0.4) is 0 Å². The van der Waals surface area contributed by atoms with Crippen LogP contribution in [0.15, 0.2) is 29.2 Å². The molecule has 3 heterocycles. The van der Waals surface area contributed by atoms with Gasteiger partial charge in [0.1, 0.15) is 12.4 Å². The maximum Gasteiger partial charge on any atom is 0.124 e. The second-order valence-corrected chi connectivity index (χ2v) is 6.13. The van der Waals surface area contributed by atoms with Crippen LogP contribution in [0.5, 0.6) is 0 Å². The van der Waals surface area contributed by atoms with Gasteiger partial charge in [0.05, 0.1) is 11.9 Å². The normalized spacial score (nSPS) is 22.7. The maximum atomic E-state index is 13.9. The lowest BCUT2D eigenvalue weighted by atomic mass is 10.2. The number of likely N-dealkylation sites (tertiary alicyclic amines) is 1. The fourth-order valence-electron chi connectivity index (χ4n) is 3.11. The van der Waals surface area contributed by atoms with Crippen LogP contribution in [0.4, 0.5) is 4.39 Å². The van der Waals surface area contributed by atoms with Crippen molar-refractivity contribution in [3.63, 3.8) is 0 Å². The van der Waals surface area contributed by atoms with Crippen molar-refractivity contribution in [2.75, 3.05) is 20.1 Å². The van der Waals surface area contributed by atoms with Crippen molar-refractivity contribution in [2.45, 2.75) is 31.7 Å². The molecular formula is C15H22FN5O. The van der Waals surface area contributed by atoms with Gasteiger partial charge < -0.3 is 4.52 Å². The molecule has 0 N–H and O–H groups in total. The highest BCUT2D eigenvalue weighted by atomic mass is 19.1. The van der Waals surface area contributed by atoms with Gasteiger partial charge in [-0.25, -0.2) is 4.39 Å². The Labute approximate surface area is 129 Å². The first kappa shape index (κ1) is 15.2. The van der Waals surface area contributed by atoms with Gasteiger partial charge in [-0.1, -0.05) is 5.16 Å². The molecule has 0 saturated carbocycles. The summed E-state index contributed by atoms with van der Waals surface area (Å²) in [6.45, 7) is 2.77. The number of halogens is 1. The van der Waals surface area contributed by atoms with Crippen LogP contribution in [0.25, 0.3) is 0 Å². The molecule has 0 aromatic carbocycles. The van der Waals surface area contributed by atoms with E-state index in [0.29, 0.717) is 19.5 Å². The minimum absolute atomic E-state index is 0.215. The van der Waals surface area contributed by atoms with Crippen LogP contribution in [0.1, 0.15) is 17.7 Å². The van der Waals surface area contributed by atoms with Crippen LogP contribution in [0.2, 0.25) is 0 Å². The molecule has 120 valence electrons. The van der Waals surface area contributed by atoms with Crippen molar-refractivity contribution in [2.24, 2.45) is 7.05 Å². The Morgan fingerprint density at radius 2 is 2.36 bits per heavy atom. The third-order valence-electron chi connectivity index (χ3n) is 4.07. The fraction of sp³-hybridized carbons (Fsp3) is 0.600. The molecule has 0 amide bonds. The lowest BCUT2D eigenvalue weighted by Gasteiger charge is -2.27. The van der Waals surface area contributed by atoms with Gasteiger partial charge in [0.2, 0.25) is 0 Å². The molecule has 0 radical (unpaired) electrons. The quantitative estimate of drug-likeness (QED) is 0.808. The minimum atomic E-state index is -0.748. The first-order valence-electron chi connectivity index (χ1n) is 7.53. The summed E-state index contributed by atoms with van der Waals surface area (Å²) in [7, 11) is 3.93. The van der Waals surface area contributed by atoms with E-state index in [4.69, 9.17) is 4.52 Å². The van der Waals surface area contributed by atoms with Gasteiger partial charge in [0.15, 0.2) is 0 Å². The number of hydrogen-bond donors (Lipinski definition) is 0. The van der Waals surface area contributed by atoms with Crippen LogP contribution < -0.4 is 0 Å². The molecule has 2 aromatic rings. The summed E-state index contributed by atoms with van der Waals surface area (Å²) < 4.78 is 20.5.